The Morgan fingerprint density at radius 2 is 2.04 bits per heavy atom. The third-order valence-electron chi connectivity index (χ3n) is 3.75. The largest absolute Gasteiger partial charge is 0.367 e. The molecule has 2 rings (SSSR count). The minimum atomic E-state index is -1.03. The Kier molecular flexibility index (Phi) is 7.23. The Bertz CT molecular complexity index is 950. The van der Waals surface area contributed by atoms with Gasteiger partial charge in [-0.15, -0.1) is 6.42 Å². The second-order valence-corrected chi connectivity index (χ2v) is 6.27. The van der Waals surface area contributed by atoms with Crippen LogP contribution in [0.1, 0.15) is 15.9 Å². The predicted octanol–water partition coefficient (Wildman–Crippen LogP) is 0.906. The van der Waals surface area contributed by atoms with Crippen molar-refractivity contribution in [1.29, 1.82) is 0 Å². The summed E-state index contributed by atoms with van der Waals surface area (Å²) in [6.07, 6.45) is 5.13. The normalized spacial score (nSPS) is 10.6. The first-order valence-corrected chi connectivity index (χ1v) is 8.48. The number of terminal acetylenes is 1. The van der Waals surface area contributed by atoms with E-state index < -0.39 is 23.1 Å². The number of benzene rings is 1. The maximum atomic E-state index is 13.5. The highest BCUT2D eigenvalue weighted by Gasteiger charge is 2.16. The minimum absolute atomic E-state index is 0.0346. The molecule has 148 valence electrons. The van der Waals surface area contributed by atoms with E-state index in [1.807, 2.05) is 19.0 Å². The van der Waals surface area contributed by atoms with Gasteiger partial charge in [-0.2, -0.15) is 5.10 Å². The Morgan fingerprint density at radius 1 is 1.29 bits per heavy atom. The summed E-state index contributed by atoms with van der Waals surface area (Å²) in [6, 6.07) is 4.63. The second kappa shape index (κ2) is 9.62. The van der Waals surface area contributed by atoms with Crippen LogP contribution in [0.5, 0.6) is 0 Å². The van der Waals surface area contributed by atoms with Gasteiger partial charge in [-0.3, -0.25) is 9.59 Å². The Morgan fingerprint density at radius 3 is 2.68 bits per heavy atom. The van der Waals surface area contributed by atoms with E-state index in [1.165, 1.54) is 12.1 Å². The topological polar surface area (TPSA) is 79.3 Å². The summed E-state index contributed by atoms with van der Waals surface area (Å²) in [6.45, 7) is 1.05. The van der Waals surface area contributed by atoms with Gasteiger partial charge < -0.3 is 15.5 Å². The van der Waals surface area contributed by atoms with E-state index in [-0.39, 0.29) is 18.7 Å². The summed E-state index contributed by atoms with van der Waals surface area (Å²) in [5.41, 5.74) is -0.494. The molecular weight excluding hydrogens is 368 g/mol. The molecule has 0 bridgehead atoms. The van der Waals surface area contributed by atoms with Crippen LogP contribution in [0, 0.1) is 24.0 Å². The van der Waals surface area contributed by atoms with Crippen LogP contribution < -0.4 is 16.2 Å². The lowest BCUT2D eigenvalue weighted by Crippen LogP contribution is -2.35. The SMILES string of the molecule is C#CCNC(=O)c1cc(NCCN(C)C)nn(Cc2ccc(F)c(F)c2)c1=O. The monoisotopic (exact) mass is 389 g/mol. The summed E-state index contributed by atoms with van der Waals surface area (Å²) >= 11 is 0. The van der Waals surface area contributed by atoms with Crippen molar-refractivity contribution >= 4 is 11.7 Å². The van der Waals surface area contributed by atoms with Crippen LogP contribution in [0.4, 0.5) is 14.6 Å². The van der Waals surface area contributed by atoms with Crippen LogP contribution in [0.3, 0.4) is 0 Å². The first-order chi connectivity index (χ1) is 13.3. The van der Waals surface area contributed by atoms with Crippen LogP contribution in [0.2, 0.25) is 0 Å². The highest BCUT2D eigenvalue weighted by molar-refractivity contribution is 5.94. The number of carbonyl (C=O) groups excluding carboxylic acids is 1. The number of anilines is 1. The fraction of sp³-hybridized carbons (Fsp3) is 0.316. The van der Waals surface area contributed by atoms with Crippen LogP contribution in [-0.4, -0.2) is 54.3 Å². The zero-order valence-corrected chi connectivity index (χ0v) is 15.6. The van der Waals surface area contributed by atoms with E-state index >= 15 is 0 Å². The first kappa shape index (κ1) is 21.1. The van der Waals surface area contributed by atoms with Gasteiger partial charge in [0.15, 0.2) is 11.6 Å². The van der Waals surface area contributed by atoms with Crippen LogP contribution >= 0.6 is 0 Å². The van der Waals surface area contributed by atoms with Crippen molar-refractivity contribution in [2.45, 2.75) is 6.54 Å². The molecule has 1 aromatic carbocycles. The molecule has 0 aliphatic rings. The summed E-state index contributed by atoms with van der Waals surface area (Å²) in [4.78, 5) is 26.9. The van der Waals surface area contributed by atoms with Gasteiger partial charge in [-0.1, -0.05) is 12.0 Å². The van der Waals surface area contributed by atoms with Crippen LogP contribution in [-0.2, 0) is 6.54 Å². The van der Waals surface area contributed by atoms with Gasteiger partial charge in [0.05, 0.1) is 13.1 Å². The van der Waals surface area contributed by atoms with Crippen molar-refractivity contribution in [3.8, 4) is 12.3 Å². The van der Waals surface area contributed by atoms with Crippen molar-refractivity contribution in [3.05, 3.63) is 57.4 Å². The number of amides is 1. The zero-order valence-electron chi connectivity index (χ0n) is 15.6. The number of aromatic nitrogens is 2. The minimum Gasteiger partial charge on any atom is -0.367 e. The lowest BCUT2D eigenvalue weighted by Gasteiger charge is -2.14. The highest BCUT2D eigenvalue weighted by Crippen LogP contribution is 2.10. The number of nitrogens with zero attached hydrogens (tertiary/aromatic N) is 3. The molecule has 0 spiro atoms. The number of carbonyl (C=O) groups is 1. The molecule has 0 unspecified atom stereocenters. The summed E-state index contributed by atoms with van der Waals surface area (Å²) in [5, 5.41) is 9.65. The fourth-order valence-electron chi connectivity index (χ4n) is 2.34. The molecule has 0 aliphatic heterocycles. The second-order valence-electron chi connectivity index (χ2n) is 6.27. The zero-order chi connectivity index (χ0) is 20.7. The van der Waals surface area contributed by atoms with Crippen molar-refractivity contribution in [2.75, 3.05) is 39.0 Å². The molecule has 2 N–H and O–H groups in total. The molecule has 0 fully saturated rings. The lowest BCUT2D eigenvalue weighted by molar-refractivity contribution is 0.0956. The van der Waals surface area contributed by atoms with E-state index in [1.54, 1.807) is 0 Å². The van der Waals surface area contributed by atoms with Gasteiger partial charge in [0, 0.05) is 19.2 Å². The molecule has 9 heteroatoms. The van der Waals surface area contributed by atoms with E-state index in [0.717, 1.165) is 16.8 Å². The quantitative estimate of drug-likeness (QED) is 0.656. The molecule has 28 heavy (non-hydrogen) atoms. The molecular formula is C19H21F2N5O2. The number of rotatable bonds is 8. The third kappa shape index (κ3) is 5.62. The van der Waals surface area contributed by atoms with Crippen molar-refractivity contribution in [3.63, 3.8) is 0 Å². The van der Waals surface area contributed by atoms with Gasteiger partial charge in [-0.05, 0) is 31.8 Å². The molecule has 2 aromatic rings. The van der Waals surface area contributed by atoms with E-state index in [4.69, 9.17) is 6.42 Å². The molecule has 0 radical (unpaired) electrons. The summed E-state index contributed by atoms with van der Waals surface area (Å²) in [5.74, 6) is -0.0958. The number of likely N-dealkylation sites (N-methyl/N-ethyl adjacent to an activating group) is 1. The van der Waals surface area contributed by atoms with E-state index in [0.29, 0.717) is 24.5 Å². The Balaban J connectivity index is 2.37. The maximum absolute atomic E-state index is 13.5. The standard InChI is InChI=1S/C19H21F2N5O2/c1-4-7-23-18(27)14-11-17(22-8-9-25(2)3)24-26(19(14)28)12-13-5-6-15(20)16(21)10-13/h1,5-6,10-11H,7-9,12H2,2-3H3,(H,22,24)(H,23,27). The third-order valence-corrected chi connectivity index (χ3v) is 3.75. The predicted molar refractivity (Wildman–Crippen MR) is 102 cm³/mol. The van der Waals surface area contributed by atoms with Gasteiger partial charge in [0.2, 0.25) is 0 Å². The van der Waals surface area contributed by atoms with E-state index in [9.17, 15) is 18.4 Å². The number of hydrogen-bond acceptors (Lipinski definition) is 5. The average Bonchev–Trinajstić information content (AvgIpc) is 2.64. The van der Waals surface area contributed by atoms with Gasteiger partial charge >= 0.3 is 0 Å². The van der Waals surface area contributed by atoms with Crippen molar-refractivity contribution in [2.24, 2.45) is 0 Å². The average molecular weight is 389 g/mol. The Labute approximate surface area is 161 Å². The van der Waals surface area contributed by atoms with E-state index in [2.05, 4.69) is 21.7 Å². The summed E-state index contributed by atoms with van der Waals surface area (Å²) < 4.78 is 27.6. The lowest BCUT2D eigenvalue weighted by atomic mass is 10.2. The molecule has 0 saturated heterocycles. The fourth-order valence-corrected chi connectivity index (χ4v) is 2.34. The highest BCUT2D eigenvalue weighted by atomic mass is 19.2. The van der Waals surface area contributed by atoms with Gasteiger partial charge in [0.25, 0.3) is 11.5 Å². The molecule has 0 saturated carbocycles. The smallest absolute Gasteiger partial charge is 0.280 e. The van der Waals surface area contributed by atoms with Crippen molar-refractivity contribution < 1.29 is 13.6 Å². The number of nitrogens with one attached hydrogen (secondary N) is 2. The summed E-state index contributed by atoms with van der Waals surface area (Å²) in [7, 11) is 3.80. The van der Waals surface area contributed by atoms with Gasteiger partial charge in [-0.25, -0.2) is 13.5 Å². The first-order valence-electron chi connectivity index (χ1n) is 8.48. The maximum Gasteiger partial charge on any atom is 0.280 e. The molecule has 1 aromatic heterocycles. The molecule has 0 aliphatic carbocycles. The van der Waals surface area contributed by atoms with Crippen LogP contribution in [0.25, 0.3) is 0 Å². The Hall–Kier alpha value is -3.25. The number of hydrogen-bond donors (Lipinski definition) is 2. The van der Waals surface area contributed by atoms with Crippen LogP contribution in [0.15, 0.2) is 29.1 Å². The molecule has 1 heterocycles. The van der Waals surface area contributed by atoms with Crippen molar-refractivity contribution in [1.82, 2.24) is 20.0 Å². The van der Waals surface area contributed by atoms with Gasteiger partial charge in [0.1, 0.15) is 11.4 Å². The molecule has 7 nitrogen and oxygen atoms in total. The molecule has 1 amide bonds. The molecule has 0 atom stereocenters. The number of halogens is 2.